The molecule has 1 atom stereocenters. The molecule has 1 aromatic carbocycles. The van der Waals surface area contributed by atoms with Gasteiger partial charge in [-0.25, -0.2) is 4.79 Å². The van der Waals surface area contributed by atoms with Crippen molar-refractivity contribution in [1.82, 2.24) is 0 Å². The summed E-state index contributed by atoms with van der Waals surface area (Å²) in [5.74, 6) is -0.895. The summed E-state index contributed by atoms with van der Waals surface area (Å²) in [6.45, 7) is 1.80. The number of carbonyl (C=O) groups excluding carboxylic acids is 2. The Morgan fingerprint density at radius 1 is 1.39 bits per heavy atom. The second-order valence-electron chi connectivity index (χ2n) is 4.98. The van der Waals surface area contributed by atoms with Crippen molar-refractivity contribution >= 4 is 33.9 Å². The number of rotatable bonds is 5. The largest absolute Gasteiger partial charge is 0.463 e. The number of hydrogen-bond donors (Lipinski definition) is 0. The van der Waals surface area contributed by atoms with Crippen molar-refractivity contribution < 1.29 is 26.6 Å². The first-order valence-electron chi connectivity index (χ1n) is 7.00. The molecule has 124 valence electrons. The van der Waals surface area contributed by atoms with Crippen molar-refractivity contribution in [3.63, 3.8) is 0 Å². The van der Waals surface area contributed by atoms with Crippen LogP contribution < -0.4 is 4.90 Å². The molecule has 6 nitrogen and oxygen atoms in total. The SMILES string of the molecule is CCOC(=O)/C=C/c1ccc(N2CC(S(=O)(=O)F)CC2=O)cc1. The van der Waals surface area contributed by atoms with E-state index in [0.29, 0.717) is 11.3 Å². The first-order valence-corrected chi connectivity index (χ1v) is 8.44. The lowest BCUT2D eigenvalue weighted by atomic mass is 10.2. The fourth-order valence-electron chi connectivity index (χ4n) is 2.23. The molecule has 0 saturated carbocycles. The molecule has 0 aromatic heterocycles. The van der Waals surface area contributed by atoms with E-state index in [1.54, 1.807) is 37.3 Å². The van der Waals surface area contributed by atoms with E-state index in [2.05, 4.69) is 0 Å². The van der Waals surface area contributed by atoms with Crippen LogP contribution in [0.25, 0.3) is 6.08 Å². The Hall–Kier alpha value is -2.22. The zero-order valence-corrected chi connectivity index (χ0v) is 13.3. The van der Waals surface area contributed by atoms with E-state index in [-0.39, 0.29) is 19.6 Å². The second-order valence-corrected chi connectivity index (χ2v) is 6.60. The van der Waals surface area contributed by atoms with Crippen LogP contribution in [0.4, 0.5) is 9.57 Å². The number of amides is 1. The summed E-state index contributed by atoms with van der Waals surface area (Å²) in [6.07, 6.45) is 2.48. The molecule has 1 heterocycles. The normalized spacial score (nSPS) is 18.6. The maximum absolute atomic E-state index is 13.0. The number of hydrogen-bond acceptors (Lipinski definition) is 5. The molecule has 1 amide bonds. The molecule has 23 heavy (non-hydrogen) atoms. The molecule has 2 rings (SSSR count). The molecule has 1 aliphatic heterocycles. The molecule has 0 radical (unpaired) electrons. The van der Waals surface area contributed by atoms with Gasteiger partial charge in [0.05, 0.1) is 6.61 Å². The Bertz CT molecular complexity index is 727. The van der Waals surface area contributed by atoms with Crippen LogP contribution in [0.5, 0.6) is 0 Å². The number of nitrogens with zero attached hydrogens (tertiary/aromatic N) is 1. The minimum absolute atomic E-state index is 0.199. The highest BCUT2D eigenvalue weighted by Crippen LogP contribution is 2.26. The van der Waals surface area contributed by atoms with Gasteiger partial charge < -0.3 is 9.64 Å². The molecule has 0 spiro atoms. The minimum atomic E-state index is -4.73. The summed E-state index contributed by atoms with van der Waals surface area (Å²) in [7, 11) is -4.73. The Kier molecular flexibility index (Phi) is 5.15. The van der Waals surface area contributed by atoms with Gasteiger partial charge in [0, 0.05) is 24.7 Å². The first-order chi connectivity index (χ1) is 10.8. The number of ether oxygens (including phenoxy) is 1. The van der Waals surface area contributed by atoms with Gasteiger partial charge in [-0.05, 0) is 30.7 Å². The third kappa shape index (κ3) is 4.38. The Morgan fingerprint density at radius 3 is 2.57 bits per heavy atom. The van der Waals surface area contributed by atoms with E-state index in [9.17, 15) is 21.9 Å². The van der Waals surface area contributed by atoms with Crippen LogP contribution in [-0.4, -0.2) is 38.7 Å². The van der Waals surface area contributed by atoms with Crippen molar-refractivity contribution in [2.24, 2.45) is 0 Å². The number of esters is 1. The Labute approximate surface area is 133 Å². The molecule has 8 heteroatoms. The summed E-state index contributed by atoms with van der Waals surface area (Å²) in [5, 5.41) is -1.32. The van der Waals surface area contributed by atoms with Crippen LogP contribution >= 0.6 is 0 Å². The molecule has 1 unspecified atom stereocenters. The van der Waals surface area contributed by atoms with Crippen molar-refractivity contribution in [2.45, 2.75) is 18.6 Å². The van der Waals surface area contributed by atoms with Crippen LogP contribution in [-0.2, 0) is 24.5 Å². The highest BCUT2D eigenvalue weighted by Gasteiger charge is 2.38. The number of halogens is 1. The van der Waals surface area contributed by atoms with Crippen LogP contribution in [0.15, 0.2) is 30.3 Å². The highest BCUT2D eigenvalue weighted by atomic mass is 32.3. The second kappa shape index (κ2) is 6.91. The third-order valence-electron chi connectivity index (χ3n) is 3.39. The lowest BCUT2D eigenvalue weighted by molar-refractivity contribution is -0.137. The molecule has 0 aliphatic carbocycles. The topological polar surface area (TPSA) is 80.8 Å². The summed E-state index contributed by atoms with van der Waals surface area (Å²) >= 11 is 0. The molecule has 1 aliphatic rings. The maximum atomic E-state index is 13.0. The van der Waals surface area contributed by atoms with Crippen molar-refractivity contribution in [3.8, 4) is 0 Å². The average molecular weight is 341 g/mol. The number of anilines is 1. The van der Waals surface area contributed by atoms with Gasteiger partial charge in [0.2, 0.25) is 5.91 Å². The zero-order valence-electron chi connectivity index (χ0n) is 12.4. The van der Waals surface area contributed by atoms with Gasteiger partial charge in [0.1, 0.15) is 5.25 Å². The highest BCUT2D eigenvalue weighted by molar-refractivity contribution is 7.87. The summed E-state index contributed by atoms with van der Waals surface area (Å²) in [4.78, 5) is 24.3. The fourth-order valence-corrected chi connectivity index (χ4v) is 2.90. The lowest BCUT2D eigenvalue weighted by Gasteiger charge is -2.16. The molecule has 1 aromatic rings. The fraction of sp³-hybridized carbons (Fsp3) is 0.333. The van der Waals surface area contributed by atoms with Crippen LogP contribution in [0.3, 0.4) is 0 Å². The number of carbonyl (C=O) groups is 2. The summed E-state index contributed by atoms with van der Waals surface area (Å²) < 4.78 is 39.6. The predicted molar refractivity (Wildman–Crippen MR) is 82.9 cm³/mol. The predicted octanol–water partition coefficient (Wildman–Crippen LogP) is 1.67. The van der Waals surface area contributed by atoms with E-state index >= 15 is 0 Å². The molecular weight excluding hydrogens is 325 g/mol. The van der Waals surface area contributed by atoms with E-state index in [1.807, 2.05) is 0 Å². The molecule has 0 bridgehead atoms. The standard InChI is InChI=1S/C15H16FNO5S/c1-2-22-15(19)8-5-11-3-6-12(7-4-11)17-10-13(9-14(17)18)23(16,20)21/h3-8,13H,2,9-10H2,1H3/b8-5+. The quantitative estimate of drug-likeness (QED) is 0.462. The van der Waals surface area contributed by atoms with E-state index in [1.165, 1.54) is 11.0 Å². The van der Waals surface area contributed by atoms with Gasteiger partial charge in [-0.3, -0.25) is 4.79 Å². The lowest BCUT2D eigenvalue weighted by Crippen LogP contribution is -2.26. The molecular formula is C15H16FNO5S. The molecule has 1 fully saturated rings. The maximum Gasteiger partial charge on any atom is 0.330 e. The van der Waals surface area contributed by atoms with Crippen molar-refractivity contribution in [2.75, 3.05) is 18.1 Å². The van der Waals surface area contributed by atoms with Crippen LogP contribution in [0, 0.1) is 0 Å². The molecule has 1 saturated heterocycles. The van der Waals surface area contributed by atoms with Crippen LogP contribution in [0.2, 0.25) is 0 Å². The smallest absolute Gasteiger partial charge is 0.330 e. The number of benzene rings is 1. The minimum Gasteiger partial charge on any atom is -0.463 e. The van der Waals surface area contributed by atoms with Crippen LogP contribution in [0.1, 0.15) is 18.9 Å². The zero-order chi connectivity index (χ0) is 17.0. The van der Waals surface area contributed by atoms with Gasteiger partial charge in [0.15, 0.2) is 0 Å². The van der Waals surface area contributed by atoms with Gasteiger partial charge in [-0.2, -0.15) is 8.42 Å². The van der Waals surface area contributed by atoms with Crippen molar-refractivity contribution in [3.05, 3.63) is 35.9 Å². The molecule has 0 N–H and O–H groups in total. The summed E-state index contributed by atoms with van der Waals surface area (Å²) in [5.41, 5.74) is 1.19. The average Bonchev–Trinajstić information content (AvgIpc) is 2.88. The van der Waals surface area contributed by atoms with Gasteiger partial charge >= 0.3 is 16.2 Å². The first kappa shape index (κ1) is 17.1. The van der Waals surface area contributed by atoms with Gasteiger partial charge in [-0.1, -0.05) is 12.1 Å². The van der Waals surface area contributed by atoms with Gasteiger partial charge in [-0.15, -0.1) is 3.89 Å². The van der Waals surface area contributed by atoms with Crippen molar-refractivity contribution in [1.29, 1.82) is 0 Å². The summed E-state index contributed by atoms with van der Waals surface area (Å²) in [6, 6.07) is 6.54. The van der Waals surface area contributed by atoms with Gasteiger partial charge in [0.25, 0.3) is 0 Å². The Morgan fingerprint density at radius 2 is 2.04 bits per heavy atom. The van der Waals surface area contributed by atoms with E-state index in [4.69, 9.17) is 4.74 Å². The van der Waals surface area contributed by atoms with E-state index < -0.39 is 27.3 Å². The van der Waals surface area contributed by atoms with E-state index in [0.717, 1.165) is 0 Å². The third-order valence-corrected chi connectivity index (χ3v) is 4.50. The monoisotopic (exact) mass is 341 g/mol. The Balaban J connectivity index is 2.08.